The number of nitrogens with one attached hydrogen (secondary N) is 1. The highest BCUT2D eigenvalue weighted by Crippen LogP contribution is 2.22. The number of hydrogen-bond donors (Lipinski definition) is 1. The number of rotatable bonds is 7. The molecule has 1 amide bonds. The van der Waals surface area contributed by atoms with Crippen LogP contribution in [0.4, 0.5) is 11.4 Å². The van der Waals surface area contributed by atoms with Crippen molar-refractivity contribution in [2.45, 2.75) is 32.5 Å². The van der Waals surface area contributed by atoms with Crippen molar-refractivity contribution in [3.63, 3.8) is 0 Å². The number of ether oxygens (including phenoxy) is 2. The van der Waals surface area contributed by atoms with E-state index in [1.807, 2.05) is 31.1 Å². The predicted molar refractivity (Wildman–Crippen MR) is 111 cm³/mol. The van der Waals surface area contributed by atoms with Crippen LogP contribution in [0.3, 0.4) is 0 Å². The lowest BCUT2D eigenvalue weighted by Gasteiger charge is -2.26. The Kier molecular flexibility index (Phi) is 6.91. The first-order chi connectivity index (χ1) is 13.1. The fourth-order valence-corrected chi connectivity index (χ4v) is 2.41. The number of amides is 1. The molecule has 28 heavy (non-hydrogen) atoms. The summed E-state index contributed by atoms with van der Waals surface area (Å²) >= 11 is 5.85. The molecule has 1 atom stereocenters. The van der Waals surface area contributed by atoms with Crippen LogP contribution in [-0.2, 0) is 14.3 Å². The number of carbonyl (C=O) groups is 2. The van der Waals surface area contributed by atoms with Gasteiger partial charge in [0, 0.05) is 30.5 Å². The Morgan fingerprint density at radius 1 is 1.04 bits per heavy atom. The lowest BCUT2D eigenvalue weighted by atomic mass is 10.1. The predicted octanol–water partition coefficient (Wildman–Crippen LogP) is 4.13. The first kappa shape index (κ1) is 21.6. The summed E-state index contributed by atoms with van der Waals surface area (Å²) in [6.07, 6.45) is -0.978. The molecule has 150 valence electrons. The molecular weight excluding hydrogens is 380 g/mol. The highest BCUT2D eigenvalue weighted by Gasteiger charge is 2.34. The molecule has 0 aliphatic carbocycles. The van der Waals surface area contributed by atoms with E-state index in [4.69, 9.17) is 21.1 Å². The molecule has 0 unspecified atom stereocenters. The largest absolute Gasteiger partial charge is 0.476 e. The van der Waals surface area contributed by atoms with Crippen molar-refractivity contribution in [2.24, 2.45) is 0 Å². The van der Waals surface area contributed by atoms with Crippen LogP contribution in [0.1, 0.15) is 20.8 Å². The fraction of sp³-hybridized carbons (Fsp3) is 0.333. The van der Waals surface area contributed by atoms with Gasteiger partial charge in [0.05, 0.1) is 0 Å². The van der Waals surface area contributed by atoms with Crippen LogP contribution >= 0.6 is 11.6 Å². The van der Waals surface area contributed by atoms with Gasteiger partial charge < -0.3 is 19.7 Å². The Hall–Kier alpha value is -2.73. The molecule has 7 heteroatoms. The van der Waals surface area contributed by atoms with Crippen molar-refractivity contribution >= 4 is 34.9 Å². The van der Waals surface area contributed by atoms with Crippen molar-refractivity contribution in [1.82, 2.24) is 0 Å². The van der Waals surface area contributed by atoms with Gasteiger partial charge in [0.25, 0.3) is 5.91 Å². The van der Waals surface area contributed by atoms with E-state index < -0.39 is 23.6 Å². The fourth-order valence-electron chi connectivity index (χ4n) is 2.28. The lowest BCUT2D eigenvalue weighted by Crippen LogP contribution is -2.43. The van der Waals surface area contributed by atoms with Gasteiger partial charge in [-0.25, -0.2) is 4.79 Å². The third-order valence-corrected chi connectivity index (χ3v) is 4.23. The molecule has 0 radical (unpaired) electrons. The van der Waals surface area contributed by atoms with E-state index in [0.717, 1.165) is 5.69 Å². The molecule has 0 spiro atoms. The lowest BCUT2D eigenvalue weighted by molar-refractivity contribution is -0.166. The molecule has 1 N–H and O–H groups in total. The Morgan fingerprint density at radius 2 is 1.61 bits per heavy atom. The topological polar surface area (TPSA) is 67.9 Å². The van der Waals surface area contributed by atoms with E-state index in [2.05, 4.69) is 5.32 Å². The third-order valence-electron chi connectivity index (χ3n) is 3.98. The SMILES string of the molecule is C[C@@H](OC(=O)C(C)(C)Oc1ccc(Cl)cc1)C(=O)Nc1ccc(N(C)C)cc1. The monoisotopic (exact) mass is 404 g/mol. The van der Waals surface area contributed by atoms with Crippen LogP contribution in [0.25, 0.3) is 0 Å². The van der Waals surface area contributed by atoms with Crippen LogP contribution in [0.2, 0.25) is 5.02 Å². The Labute approximate surface area is 170 Å². The second-order valence-electron chi connectivity index (χ2n) is 7.04. The molecular formula is C21H25ClN2O4. The van der Waals surface area contributed by atoms with Crippen LogP contribution in [0, 0.1) is 0 Å². The molecule has 2 rings (SSSR count). The van der Waals surface area contributed by atoms with Crippen molar-refractivity contribution in [3.8, 4) is 5.75 Å². The third kappa shape index (κ3) is 5.89. The molecule has 0 aromatic heterocycles. The van der Waals surface area contributed by atoms with E-state index in [1.165, 1.54) is 6.92 Å². The molecule has 0 bridgehead atoms. The quantitative estimate of drug-likeness (QED) is 0.702. The molecule has 0 aliphatic heterocycles. The summed E-state index contributed by atoms with van der Waals surface area (Å²) in [5, 5.41) is 3.30. The molecule has 0 aliphatic rings. The number of hydrogen-bond acceptors (Lipinski definition) is 5. The van der Waals surface area contributed by atoms with Crippen LogP contribution in [0.5, 0.6) is 5.75 Å². The van der Waals surface area contributed by atoms with Gasteiger partial charge in [0.2, 0.25) is 0 Å². The molecule has 2 aromatic carbocycles. The summed E-state index contributed by atoms with van der Waals surface area (Å²) in [6.45, 7) is 4.67. The Bertz CT molecular complexity index is 817. The maximum absolute atomic E-state index is 12.5. The Morgan fingerprint density at radius 3 is 2.14 bits per heavy atom. The van der Waals surface area contributed by atoms with E-state index in [-0.39, 0.29) is 0 Å². The first-order valence-corrected chi connectivity index (χ1v) is 9.20. The highest BCUT2D eigenvalue weighted by atomic mass is 35.5. The first-order valence-electron chi connectivity index (χ1n) is 8.82. The van der Waals surface area contributed by atoms with Crippen molar-refractivity contribution in [3.05, 3.63) is 53.6 Å². The van der Waals surface area contributed by atoms with Crippen LogP contribution in [0.15, 0.2) is 48.5 Å². The number of nitrogens with zero attached hydrogens (tertiary/aromatic N) is 1. The van der Waals surface area contributed by atoms with E-state index >= 15 is 0 Å². The smallest absolute Gasteiger partial charge is 0.350 e. The zero-order chi connectivity index (χ0) is 20.9. The summed E-state index contributed by atoms with van der Waals surface area (Å²) in [4.78, 5) is 26.8. The molecule has 2 aromatic rings. The zero-order valence-electron chi connectivity index (χ0n) is 16.7. The highest BCUT2D eigenvalue weighted by molar-refractivity contribution is 6.30. The van der Waals surface area contributed by atoms with Crippen molar-refractivity contribution in [1.29, 1.82) is 0 Å². The van der Waals surface area contributed by atoms with Gasteiger partial charge in [-0.05, 0) is 69.3 Å². The van der Waals surface area contributed by atoms with Gasteiger partial charge in [-0.1, -0.05) is 11.6 Å². The van der Waals surface area contributed by atoms with Gasteiger partial charge in [-0.3, -0.25) is 4.79 Å². The van der Waals surface area contributed by atoms with Crippen LogP contribution in [-0.4, -0.2) is 37.7 Å². The zero-order valence-corrected chi connectivity index (χ0v) is 17.4. The van der Waals surface area contributed by atoms with Gasteiger partial charge >= 0.3 is 5.97 Å². The number of anilines is 2. The standard InChI is InChI=1S/C21H25ClN2O4/c1-14(19(25)23-16-8-10-17(11-9-16)24(4)5)27-20(26)21(2,3)28-18-12-6-15(22)7-13-18/h6-14H,1-5H3,(H,23,25)/t14-/m1/s1. The van der Waals surface area contributed by atoms with E-state index in [1.54, 1.807) is 50.2 Å². The summed E-state index contributed by atoms with van der Waals surface area (Å²) in [5.74, 6) is -0.592. The van der Waals surface area contributed by atoms with Gasteiger partial charge in [0.1, 0.15) is 5.75 Å². The summed E-state index contributed by atoms with van der Waals surface area (Å²) in [7, 11) is 3.87. The number of benzene rings is 2. The second kappa shape index (κ2) is 8.97. The molecule has 0 heterocycles. The average molecular weight is 405 g/mol. The van der Waals surface area contributed by atoms with E-state index in [9.17, 15) is 9.59 Å². The van der Waals surface area contributed by atoms with Gasteiger partial charge in [-0.15, -0.1) is 0 Å². The van der Waals surface area contributed by atoms with E-state index in [0.29, 0.717) is 16.5 Å². The van der Waals surface area contributed by atoms with Gasteiger partial charge in [0.15, 0.2) is 11.7 Å². The van der Waals surface area contributed by atoms with Crippen molar-refractivity contribution in [2.75, 3.05) is 24.3 Å². The summed E-state index contributed by atoms with van der Waals surface area (Å²) in [6, 6.07) is 14.0. The molecule has 0 fully saturated rings. The van der Waals surface area contributed by atoms with Crippen LogP contribution < -0.4 is 15.0 Å². The number of halogens is 1. The molecule has 0 saturated carbocycles. The summed E-state index contributed by atoms with van der Waals surface area (Å²) < 4.78 is 11.0. The van der Waals surface area contributed by atoms with Gasteiger partial charge in [-0.2, -0.15) is 0 Å². The minimum atomic E-state index is -1.27. The minimum absolute atomic E-state index is 0.423. The maximum Gasteiger partial charge on any atom is 0.350 e. The normalized spacial score (nSPS) is 12.1. The number of esters is 1. The summed E-state index contributed by atoms with van der Waals surface area (Å²) in [5.41, 5.74) is 0.365. The molecule has 0 saturated heterocycles. The molecule has 6 nitrogen and oxygen atoms in total. The number of carbonyl (C=O) groups excluding carboxylic acids is 2. The van der Waals surface area contributed by atoms with Crippen molar-refractivity contribution < 1.29 is 19.1 Å². The Balaban J connectivity index is 1.94. The maximum atomic E-state index is 12.5. The minimum Gasteiger partial charge on any atom is -0.476 e. The second-order valence-corrected chi connectivity index (χ2v) is 7.48. The average Bonchev–Trinajstić information content (AvgIpc) is 2.63.